The number of amides is 2. The number of methoxy groups -OCH3 is 1. The van der Waals surface area contributed by atoms with Crippen molar-refractivity contribution in [3.63, 3.8) is 0 Å². The van der Waals surface area contributed by atoms with E-state index in [0.29, 0.717) is 22.7 Å². The van der Waals surface area contributed by atoms with Gasteiger partial charge in [-0.25, -0.2) is 4.68 Å². The van der Waals surface area contributed by atoms with Crippen molar-refractivity contribution in [2.24, 2.45) is 5.73 Å². The van der Waals surface area contributed by atoms with Crippen molar-refractivity contribution in [3.05, 3.63) is 59.9 Å². The summed E-state index contributed by atoms with van der Waals surface area (Å²) in [7, 11) is 1.48. The molecule has 1 aromatic heterocycles. The Morgan fingerprint density at radius 3 is 2.73 bits per heavy atom. The maximum Gasteiger partial charge on any atom is 0.255 e. The lowest BCUT2D eigenvalue weighted by Gasteiger charge is -2.10. The Balaban J connectivity index is 1.69. The summed E-state index contributed by atoms with van der Waals surface area (Å²) in [5.74, 6) is -0.0947. The number of anilines is 1. The van der Waals surface area contributed by atoms with Crippen molar-refractivity contribution in [2.75, 3.05) is 19.0 Å². The standard InChI is InChI=1S/C20H20N6O4/c1-13-3-6-15(10-16(13)26-12-22-24-25-26)23-20(28)8-5-14-4-7-17(18(9-14)29-2)30-11-19(21)27/h3-10,12H,11H2,1-2H3,(H2,21,27)(H,23,28)/b8-5+. The van der Waals surface area contributed by atoms with Crippen molar-refractivity contribution in [1.82, 2.24) is 20.2 Å². The van der Waals surface area contributed by atoms with Gasteiger partial charge in [0.05, 0.1) is 12.8 Å². The molecule has 3 aromatic rings. The molecule has 0 aliphatic carbocycles. The van der Waals surface area contributed by atoms with Crippen LogP contribution >= 0.6 is 0 Å². The maximum absolute atomic E-state index is 12.3. The Bertz CT molecular complexity index is 1080. The summed E-state index contributed by atoms with van der Waals surface area (Å²) in [6, 6.07) is 10.5. The van der Waals surface area contributed by atoms with E-state index in [4.69, 9.17) is 15.2 Å². The van der Waals surface area contributed by atoms with Gasteiger partial charge in [0, 0.05) is 11.8 Å². The van der Waals surface area contributed by atoms with Gasteiger partial charge in [0.2, 0.25) is 5.91 Å². The summed E-state index contributed by atoms with van der Waals surface area (Å²) in [5, 5.41) is 13.9. The number of carbonyl (C=O) groups is 2. The van der Waals surface area contributed by atoms with Crippen molar-refractivity contribution in [3.8, 4) is 17.2 Å². The molecule has 2 amide bonds. The third-order valence-electron chi connectivity index (χ3n) is 4.06. The van der Waals surface area contributed by atoms with E-state index in [1.54, 1.807) is 36.4 Å². The number of nitrogens with one attached hydrogen (secondary N) is 1. The summed E-state index contributed by atoms with van der Waals surface area (Å²) in [6.45, 7) is 1.67. The number of aryl methyl sites for hydroxylation is 1. The van der Waals surface area contributed by atoms with Gasteiger partial charge in [-0.3, -0.25) is 9.59 Å². The first-order chi connectivity index (χ1) is 14.5. The minimum absolute atomic E-state index is 0.253. The van der Waals surface area contributed by atoms with Crippen LogP contribution in [0.4, 0.5) is 5.69 Å². The van der Waals surface area contributed by atoms with Gasteiger partial charge in [-0.2, -0.15) is 0 Å². The van der Waals surface area contributed by atoms with E-state index in [1.165, 1.54) is 24.2 Å². The fourth-order valence-corrected chi connectivity index (χ4v) is 2.62. The summed E-state index contributed by atoms with van der Waals surface area (Å²) in [5.41, 5.74) is 8.12. The van der Waals surface area contributed by atoms with Crippen LogP contribution in [0.3, 0.4) is 0 Å². The zero-order valence-electron chi connectivity index (χ0n) is 16.4. The molecule has 0 unspecified atom stereocenters. The molecule has 0 atom stereocenters. The van der Waals surface area contributed by atoms with E-state index in [9.17, 15) is 9.59 Å². The molecule has 0 saturated carbocycles. The van der Waals surface area contributed by atoms with Gasteiger partial charge in [-0.05, 0) is 58.8 Å². The summed E-state index contributed by atoms with van der Waals surface area (Å²) in [4.78, 5) is 23.2. The highest BCUT2D eigenvalue weighted by atomic mass is 16.5. The Kier molecular flexibility index (Phi) is 6.38. The summed E-state index contributed by atoms with van der Waals surface area (Å²) < 4.78 is 12.1. The van der Waals surface area contributed by atoms with Gasteiger partial charge in [0.15, 0.2) is 18.1 Å². The summed E-state index contributed by atoms with van der Waals surface area (Å²) >= 11 is 0. The number of nitrogens with two attached hydrogens (primary N) is 1. The predicted octanol–water partition coefficient (Wildman–Crippen LogP) is 1.50. The smallest absolute Gasteiger partial charge is 0.255 e. The molecule has 0 aliphatic rings. The van der Waals surface area contributed by atoms with E-state index in [0.717, 1.165) is 11.3 Å². The predicted molar refractivity (Wildman–Crippen MR) is 109 cm³/mol. The van der Waals surface area contributed by atoms with Gasteiger partial charge < -0.3 is 20.5 Å². The minimum Gasteiger partial charge on any atom is -0.493 e. The number of tetrazole rings is 1. The number of carbonyl (C=O) groups excluding carboxylic acids is 2. The molecule has 10 heteroatoms. The number of hydrogen-bond acceptors (Lipinski definition) is 7. The third-order valence-corrected chi connectivity index (χ3v) is 4.06. The Hall–Kier alpha value is -4.21. The summed E-state index contributed by atoms with van der Waals surface area (Å²) in [6.07, 6.45) is 4.51. The molecule has 0 radical (unpaired) electrons. The van der Waals surface area contributed by atoms with Crippen molar-refractivity contribution >= 4 is 23.6 Å². The fourth-order valence-electron chi connectivity index (χ4n) is 2.62. The molecule has 0 fully saturated rings. The van der Waals surface area contributed by atoms with Gasteiger partial charge in [0.25, 0.3) is 5.91 Å². The van der Waals surface area contributed by atoms with Gasteiger partial charge in [0.1, 0.15) is 6.33 Å². The molecule has 1 heterocycles. The molecule has 30 heavy (non-hydrogen) atoms. The van der Waals surface area contributed by atoms with Crippen LogP contribution in [0.1, 0.15) is 11.1 Å². The lowest BCUT2D eigenvalue weighted by molar-refractivity contribution is -0.120. The van der Waals surface area contributed by atoms with E-state index in [2.05, 4.69) is 20.8 Å². The van der Waals surface area contributed by atoms with Crippen molar-refractivity contribution in [2.45, 2.75) is 6.92 Å². The Morgan fingerprint density at radius 1 is 1.20 bits per heavy atom. The number of rotatable bonds is 8. The van der Waals surface area contributed by atoms with Crippen molar-refractivity contribution in [1.29, 1.82) is 0 Å². The zero-order chi connectivity index (χ0) is 21.5. The molecule has 0 aliphatic heterocycles. The second-order valence-electron chi connectivity index (χ2n) is 6.24. The van der Waals surface area contributed by atoms with Crippen LogP contribution in [-0.2, 0) is 9.59 Å². The molecule has 2 aromatic carbocycles. The van der Waals surface area contributed by atoms with Crippen LogP contribution in [0.2, 0.25) is 0 Å². The number of hydrogen-bond donors (Lipinski definition) is 2. The maximum atomic E-state index is 12.3. The van der Waals surface area contributed by atoms with Gasteiger partial charge in [-0.15, -0.1) is 5.10 Å². The first kappa shape index (κ1) is 20.5. The van der Waals surface area contributed by atoms with E-state index in [1.807, 2.05) is 13.0 Å². The second-order valence-corrected chi connectivity index (χ2v) is 6.24. The molecule has 154 valence electrons. The topological polar surface area (TPSA) is 134 Å². The number of benzene rings is 2. The lowest BCUT2D eigenvalue weighted by atomic mass is 10.1. The largest absolute Gasteiger partial charge is 0.493 e. The molecule has 3 rings (SSSR count). The fraction of sp³-hybridized carbons (Fsp3) is 0.150. The normalized spacial score (nSPS) is 10.7. The van der Waals surface area contributed by atoms with Crippen LogP contribution in [-0.4, -0.2) is 45.7 Å². The van der Waals surface area contributed by atoms with E-state index >= 15 is 0 Å². The van der Waals surface area contributed by atoms with Crippen LogP contribution < -0.4 is 20.5 Å². The van der Waals surface area contributed by atoms with Gasteiger partial charge in [-0.1, -0.05) is 12.1 Å². The third kappa shape index (κ3) is 5.19. The van der Waals surface area contributed by atoms with Crippen molar-refractivity contribution < 1.29 is 19.1 Å². The first-order valence-corrected chi connectivity index (χ1v) is 8.88. The Labute approximate surface area is 172 Å². The average Bonchev–Trinajstić information content (AvgIpc) is 3.27. The van der Waals surface area contributed by atoms with Crippen LogP contribution in [0, 0.1) is 6.92 Å². The molecule has 0 saturated heterocycles. The first-order valence-electron chi connectivity index (χ1n) is 8.88. The highest BCUT2D eigenvalue weighted by Gasteiger charge is 2.08. The number of primary amides is 1. The SMILES string of the molecule is COc1cc(/C=C/C(=O)Nc2ccc(C)c(-n3cnnn3)c2)ccc1OCC(N)=O. The van der Waals surface area contributed by atoms with Crippen LogP contribution in [0.5, 0.6) is 11.5 Å². The second kappa shape index (κ2) is 9.32. The number of ether oxygens (including phenoxy) is 2. The Morgan fingerprint density at radius 2 is 2.03 bits per heavy atom. The van der Waals surface area contributed by atoms with E-state index < -0.39 is 5.91 Å². The molecular formula is C20H20N6O4. The minimum atomic E-state index is -0.586. The molecule has 10 nitrogen and oxygen atoms in total. The molecular weight excluding hydrogens is 388 g/mol. The zero-order valence-corrected chi connectivity index (χ0v) is 16.4. The molecule has 3 N–H and O–H groups in total. The average molecular weight is 408 g/mol. The van der Waals surface area contributed by atoms with Gasteiger partial charge >= 0.3 is 0 Å². The quantitative estimate of drug-likeness (QED) is 0.539. The number of aromatic nitrogens is 4. The molecule has 0 spiro atoms. The molecule has 0 bridgehead atoms. The van der Waals surface area contributed by atoms with E-state index in [-0.39, 0.29) is 12.5 Å². The lowest BCUT2D eigenvalue weighted by Crippen LogP contribution is -2.20. The highest BCUT2D eigenvalue weighted by molar-refractivity contribution is 6.02. The number of nitrogens with zero attached hydrogens (tertiary/aromatic N) is 4. The van der Waals surface area contributed by atoms with Crippen LogP contribution in [0.15, 0.2) is 48.8 Å². The highest BCUT2D eigenvalue weighted by Crippen LogP contribution is 2.28. The monoisotopic (exact) mass is 408 g/mol. The van der Waals surface area contributed by atoms with Crippen LogP contribution in [0.25, 0.3) is 11.8 Å².